The van der Waals surface area contributed by atoms with Gasteiger partial charge in [-0.15, -0.1) is 5.70 Å². The molecule has 0 saturated heterocycles. The molecule has 0 aliphatic carbocycles. The van der Waals surface area contributed by atoms with Gasteiger partial charge in [-0.3, -0.25) is 0 Å². The number of phenolic OH excluding ortho intramolecular Hbond substituents is 1. The predicted molar refractivity (Wildman–Crippen MR) is 51.1 cm³/mol. The molecule has 0 fully saturated rings. The summed E-state index contributed by atoms with van der Waals surface area (Å²) in [6, 6.07) is 7.46. The van der Waals surface area contributed by atoms with Crippen LogP contribution < -0.4 is 5.19 Å². The van der Waals surface area contributed by atoms with E-state index in [-0.39, 0.29) is 9.52 Å². The van der Waals surface area contributed by atoms with Crippen molar-refractivity contribution in [3.05, 3.63) is 36.0 Å². The monoisotopic (exact) mass is 164 g/mol. The molecule has 0 atom stereocenters. The molecule has 0 heterocycles. The lowest BCUT2D eigenvalue weighted by atomic mass is 10.3. The van der Waals surface area contributed by atoms with Gasteiger partial charge in [-0.05, 0) is 19.1 Å². The Labute approximate surface area is 69.2 Å². The van der Waals surface area contributed by atoms with Gasteiger partial charge in [0.2, 0.25) is 0 Å². The SMILES string of the molecule is CC=C[SiH2]c1ccc(O)cc1. The molecule has 0 aromatic heterocycles. The molecule has 1 nitrogen and oxygen atoms in total. The second-order valence-electron chi connectivity index (χ2n) is 2.44. The Balaban J connectivity index is 2.66. The van der Waals surface area contributed by atoms with E-state index in [4.69, 9.17) is 5.11 Å². The maximum Gasteiger partial charge on any atom is 0.115 e. The van der Waals surface area contributed by atoms with Crippen molar-refractivity contribution in [2.45, 2.75) is 6.92 Å². The van der Waals surface area contributed by atoms with Crippen molar-refractivity contribution in [3.63, 3.8) is 0 Å². The lowest BCUT2D eigenvalue weighted by molar-refractivity contribution is 0.475. The summed E-state index contributed by atoms with van der Waals surface area (Å²) in [5, 5.41) is 10.3. The number of benzene rings is 1. The Bertz CT molecular complexity index is 238. The molecule has 0 spiro atoms. The highest BCUT2D eigenvalue weighted by atomic mass is 28.2. The highest BCUT2D eigenvalue weighted by molar-refractivity contribution is 6.58. The van der Waals surface area contributed by atoms with Crippen molar-refractivity contribution >= 4 is 14.7 Å². The Morgan fingerprint density at radius 1 is 1.27 bits per heavy atom. The van der Waals surface area contributed by atoms with Crippen molar-refractivity contribution < 1.29 is 5.11 Å². The number of rotatable bonds is 2. The number of hydrogen-bond acceptors (Lipinski definition) is 1. The average molecular weight is 164 g/mol. The predicted octanol–water partition coefficient (Wildman–Crippen LogP) is 0.720. The van der Waals surface area contributed by atoms with Crippen LogP contribution in [0.15, 0.2) is 36.0 Å². The van der Waals surface area contributed by atoms with E-state index in [1.165, 1.54) is 5.19 Å². The molecule has 0 aliphatic heterocycles. The van der Waals surface area contributed by atoms with E-state index < -0.39 is 0 Å². The molecule has 1 N–H and O–H groups in total. The number of aromatic hydroxyl groups is 1. The zero-order valence-electron chi connectivity index (χ0n) is 6.62. The summed E-state index contributed by atoms with van der Waals surface area (Å²) in [4.78, 5) is 0. The van der Waals surface area contributed by atoms with E-state index in [1.54, 1.807) is 12.1 Å². The third kappa shape index (κ3) is 2.59. The zero-order chi connectivity index (χ0) is 8.10. The molecule has 1 aromatic rings. The molecule has 11 heavy (non-hydrogen) atoms. The van der Waals surface area contributed by atoms with Gasteiger partial charge in [-0.1, -0.05) is 23.4 Å². The van der Waals surface area contributed by atoms with Crippen molar-refractivity contribution in [1.82, 2.24) is 0 Å². The molecule has 0 amide bonds. The quantitative estimate of drug-likeness (QED) is 0.639. The number of phenols is 1. The molecule has 2 heteroatoms. The topological polar surface area (TPSA) is 20.2 Å². The molecule has 1 aromatic carbocycles. The van der Waals surface area contributed by atoms with E-state index in [1.807, 2.05) is 19.1 Å². The van der Waals surface area contributed by atoms with Gasteiger partial charge in [-0.2, -0.15) is 0 Å². The van der Waals surface area contributed by atoms with Crippen molar-refractivity contribution in [3.8, 4) is 5.75 Å². The molecule has 0 saturated carbocycles. The van der Waals surface area contributed by atoms with Crippen LogP contribution in [0, 0.1) is 0 Å². The lowest BCUT2D eigenvalue weighted by Crippen LogP contribution is -2.09. The van der Waals surface area contributed by atoms with Gasteiger partial charge in [0, 0.05) is 0 Å². The Hall–Kier alpha value is -1.02. The van der Waals surface area contributed by atoms with Gasteiger partial charge < -0.3 is 5.11 Å². The standard InChI is InChI=1S/C9H12OSi/c1-2-7-11-9-5-3-8(10)4-6-9/h2-7,10H,11H2,1H3. The molecular formula is C9H12OSi. The average Bonchev–Trinajstić information content (AvgIpc) is 2.04. The number of allylic oxidation sites excluding steroid dienone is 1. The summed E-state index contributed by atoms with van der Waals surface area (Å²) >= 11 is 0. The van der Waals surface area contributed by atoms with E-state index in [2.05, 4.69) is 11.8 Å². The van der Waals surface area contributed by atoms with Gasteiger partial charge in [-0.25, -0.2) is 0 Å². The Morgan fingerprint density at radius 2 is 1.91 bits per heavy atom. The minimum absolute atomic E-state index is 0.219. The van der Waals surface area contributed by atoms with Crippen molar-refractivity contribution in [2.24, 2.45) is 0 Å². The minimum Gasteiger partial charge on any atom is -0.508 e. The van der Waals surface area contributed by atoms with Crippen molar-refractivity contribution in [2.75, 3.05) is 0 Å². The lowest BCUT2D eigenvalue weighted by Gasteiger charge is -1.94. The fourth-order valence-corrected chi connectivity index (χ4v) is 1.90. The van der Waals surface area contributed by atoms with Crippen LogP contribution in [0.5, 0.6) is 5.75 Å². The van der Waals surface area contributed by atoms with Crippen LogP contribution in [0.25, 0.3) is 0 Å². The molecular weight excluding hydrogens is 152 g/mol. The summed E-state index contributed by atoms with van der Waals surface area (Å²) in [6.07, 6.45) is 2.08. The van der Waals surface area contributed by atoms with E-state index in [0.29, 0.717) is 5.75 Å². The minimum atomic E-state index is -0.219. The molecule has 1 rings (SSSR count). The highest BCUT2D eigenvalue weighted by Crippen LogP contribution is 2.02. The third-order valence-electron chi connectivity index (χ3n) is 1.53. The van der Waals surface area contributed by atoms with Crippen molar-refractivity contribution in [1.29, 1.82) is 0 Å². The van der Waals surface area contributed by atoms with Crippen LogP contribution in [0.1, 0.15) is 6.92 Å². The smallest absolute Gasteiger partial charge is 0.115 e. The van der Waals surface area contributed by atoms with Crippen LogP contribution in [-0.4, -0.2) is 14.6 Å². The third-order valence-corrected chi connectivity index (χ3v) is 3.18. The second-order valence-corrected chi connectivity index (χ2v) is 4.14. The summed E-state index contributed by atoms with van der Waals surface area (Å²) in [7, 11) is -0.219. The van der Waals surface area contributed by atoms with E-state index in [0.717, 1.165) is 0 Å². The number of hydrogen-bond donors (Lipinski definition) is 1. The normalized spacial score (nSPS) is 11.7. The van der Waals surface area contributed by atoms with Gasteiger partial charge in [0.1, 0.15) is 5.75 Å². The molecule has 0 aliphatic rings. The fourth-order valence-electron chi connectivity index (χ4n) is 0.886. The van der Waals surface area contributed by atoms with Gasteiger partial charge >= 0.3 is 0 Å². The second kappa shape index (κ2) is 3.98. The highest BCUT2D eigenvalue weighted by Gasteiger charge is 1.89. The Kier molecular flexibility index (Phi) is 2.92. The molecule has 58 valence electrons. The van der Waals surface area contributed by atoms with E-state index >= 15 is 0 Å². The van der Waals surface area contributed by atoms with Crippen LogP contribution >= 0.6 is 0 Å². The summed E-state index contributed by atoms with van der Waals surface area (Å²) in [6.45, 7) is 2.04. The summed E-state index contributed by atoms with van der Waals surface area (Å²) < 4.78 is 0. The summed E-state index contributed by atoms with van der Waals surface area (Å²) in [5.41, 5.74) is 2.23. The molecule has 0 unspecified atom stereocenters. The first-order chi connectivity index (χ1) is 5.33. The van der Waals surface area contributed by atoms with Gasteiger partial charge in [0.05, 0.1) is 9.52 Å². The Morgan fingerprint density at radius 3 is 2.45 bits per heavy atom. The fraction of sp³-hybridized carbons (Fsp3) is 0.111. The maximum atomic E-state index is 8.98. The van der Waals surface area contributed by atoms with Gasteiger partial charge in [0.25, 0.3) is 0 Å². The first-order valence-corrected chi connectivity index (χ1v) is 5.24. The molecule has 0 radical (unpaired) electrons. The first kappa shape index (κ1) is 8.08. The van der Waals surface area contributed by atoms with Crippen LogP contribution in [-0.2, 0) is 0 Å². The van der Waals surface area contributed by atoms with Crippen LogP contribution in [0.4, 0.5) is 0 Å². The van der Waals surface area contributed by atoms with Gasteiger partial charge in [0.15, 0.2) is 0 Å². The zero-order valence-corrected chi connectivity index (χ0v) is 8.03. The first-order valence-electron chi connectivity index (χ1n) is 3.72. The maximum absolute atomic E-state index is 8.98. The summed E-state index contributed by atoms with van der Waals surface area (Å²) in [5.74, 6) is 0.350. The van der Waals surface area contributed by atoms with E-state index in [9.17, 15) is 0 Å². The largest absolute Gasteiger partial charge is 0.508 e. The van der Waals surface area contributed by atoms with Crippen LogP contribution in [0.3, 0.4) is 0 Å². The van der Waals surface area contributed by atoms with Crippen LogP contribution in [0.2, 0.25) is 0 Å². The molecule has 0 bridgehead atoms.